The fraction of sp³-hybridized carbons (Fsp3) is 0.444. The van der Waals surface area contributed by atoms with Gasteiger partial charge < -0.3 is 5.32 Å². The Morgan fingerprint density at radius 3 is 2.23 bits per heavy atom. The van der Waals surface area contributed by atoms with Crippen molar-refractivity contribution in [1.82, 2.24) is 9.78 Å². The number of halogens is 1. The Bertz CT molecular complexity index is 941. The molecule has 0 aliphatic rings. The molecule has 0 saturated carbocycles. The lowest BCUT2D eigenvalue weighted by molar-refractivity contribution is -0.117. The largest absolute Gasteiger partial charge is 0.310 e. The first-order valence-corrected chi connectivity index (χ1v) is 9.62. The van der Waals surface area contributed by atoms with Gasteiger partial charge in [0.15, 0.2) is 9.84 Å². The molecular formula is C18H24FN3O3S. The molecule has 2 aromatic rings. The van der Waals surface area contributed by atoms with E-state index < -0.39 is 31.2 Å². The number of nitrogens with zero attached hydrogens (tertiary/aromatic N) is 2. The van der Waals surface area contributed by atoms with Crippen LogP contribution < -0.4 is 5.32 Å². The molecular weight excluding hydrogens is 357 g/mol. The summed E-state index contributed by atoms with van der Waals surface area (Å²) in [4.78, 5) is 12.2. The molecule has 0 atom stereocenters. The highest BCUT2D eigenvalue weighted by Crippen LogP contribution is 2.29. The molecule has 26 heavy (non-hydrogen) atoms. The third-order valence-corrected chi connectivity index (χ3v) is 6.67. The van der Waals surface area contributed by atoms with E-state index in [1.165, 1.54) is 30.7 Å². The molecule has 8 heteroatoms. The summed E-state index contributed by atoms with van der Waals surface area (Å²) in [5, 5.41) is 6.94. The standard InChI is InChI=1S/C18H24FN3O3S/c1-17(2,3)14-11-15(22(6)21-14)20-16(23)18(4,5)26(24,25)13-10-8-7-9-12(13)19/h7-11H,1-6H3,(H,20,23). The number of aryl methyl sites for hydroxylation is 1. The lowest BCUT2D eigenvalue weighted by Gasteiger charge is -2.24. The predicted molar refractivity (Wildman–Crippen MR) is 98.2 cm³/mol. The van der Waals surface area contributed by atoms with Gasteiger partial charge in [-0.25, -0.2) is 12.8 Å². The number of hydrogen-bond acceptors (Lipinski definition) is 4. The van der Waals surface area contributed by atoms with Crippen molar-refractivity contribution < 1.29 is 17.6 Å². The van der Waals surface area contributed by atoms with E-state index in [4.69, 9.17) is 0 Å². The van der Waals surface area contributed by atoms with Gasteiger partial charge in [-0.1, -0.05) is 32.9 Å². The number of nitrogens with one attached hydrogen (secondary N) is 1. The number of amides is 1. The monoisotopic (exact) mass is 381 g/mol. The maximum Gasteiger partial charge on any atom is 0.246 e. The van der Waals surface area contributed by atoms with Crippen LogP contribution >= 0.6 is 0 Å². The molecule has 2 rings (SSSR count). The van der Waals surface area contributed by atoms with Gasteiger partial charge in [0.2, 0.25) is 5.91 Å². The Morgan fingerprint density at radius 2 is 1.73 bits per heavy atom. The van der Waals surface area contributed by atoms with Crippen LogP contribution in [0.15, 0.2) is 35.2 Å². The van der Waals surface area contributed by atoms with Crippen molar-refractivity contribution in [3.05, 3.63) is 41.8 Å². The molecule has 0 fully saturated rings. The molecule has 0 aliphatic carbocycles. The van der Waals surface area contributed by atoms with E-state index in [9.17, 15) is 17.6 Å². The van der Waals surface area contributed by atoms with Crippen LogP contribution in [0, 0.1) is 5.82 Å². The summed E-state index contributed by atoms with van der Waals surface area (Å²) in [6, 6.07) is 6.72. The minimum Gasteiger partial charge on any atom is -0.310 e. The molecule has 1 aromatic heterocycles. The van der Waals surface area contributed by atoms with Gasteiger partial charge in [0.05, 0.1) is 5.69 Å². The second kappa shape index (κ2) is 6.50. The molecule has 0 radical (unpaired) electrons. The van der Waals surface area contributed by atoms with Crippen molar-refractivity contribution in [3.8, 4) is 0 Å². The Hall–Kier alpha value is -2.22. The van der Waals surface area contributed by atoms with Crippen LogP contribution in [0.1, 0.15) is 40.3 Å². The minimum absolute atomic E-state index is 0.227. The van der Waals surface area contributed by atoms with E-state index >= 15 is 0 Å². The number of hydrogen-bond donors (Lipinski definition) is 1. The average molecular weight is 381 g/mol. The van der Waals surface area contributed by atoms with Crippen molar-refractivity contribution in [2.45, 2.75) is 49.7 Å². The number of sulfone groups is 1. The van der Waals surface area contributed by atoms with Gasteiger partial charge in [0, 0.05) is 18.5 Å². The maximum atomic E-state index is 14.0. The van der Waals surface area contributed by atoms with Gasteiger partial charge >= 0.3 is 0 Å². The van der Waals surface area contributed by atoms with Crippen molar-refractivity contribution >= 4 is 21.6 Å². The molecule has 1 amide bonds. The first kappa shape index (κ1) is 20.1. The molecule has 0 saturated heterocycles. The number of rotatable bonds is 4. The molecule has 0 bridgehead atoms. The zero-order valence-electron chi connectivity index (χ0n) is 15.8. The zero-order chi connectivity index (χ0) is 19.9. The number of benzene rings is 1. The van der Waals surface area contributed by atoms with Gasteiger partial charge in [-0.15, -0.1) is 0 Å². The van der Waals surface area contributed by atoms with Crippen molar-refractivity contribution in [2.75, 3.05) is 5.32 Å². The number of anilines is 1. The highest BCUT2D eigenvalue weighted by Gasteiger charge is 2.44. The van der Waals surface area contributed by atoms with Crippen molar-refractivity contribution in [1.29, 1.82) is 0 Å². The minimum atomic E-state index is -4.24. The molecule has 0 unspecified atom stereocenters. The van der Waals surface area contributed by atoms with Crippen LogP contribution in [-0.2, 0) is 27.1 Å². The number of carbonyl (C=O) groups is 1. The van der Waals surface area contributed by atoms with Gasteiger partial charge in [0.25, 0.3) is 0 Å². The van der Waals surface area contributed by atoms with E-state index in [0.717, 1.165) is 17.8 Å². The Balaban J connectivity index is 2.37. The molecule has 6 nitrogen and oxygen atoms in total. The second-order valence-electron chi connectivity index (χ2n) is 7.69. The van der Waals surface area contributed by atoms with E-state index in [-0.39, 0.29) is 5.41 Å². The fourth-order valence-electron chi connectivity index (χ4n) is 2.28. The summed E-state index contributed by atoms with van der Waals surface area (Å²) >= 11 is 0. The Morgan fingerprint density at radius 1 is 1.15 bits per heavy atom. The van der Waals surface area contributed by atoms with Crippen LogP contribution in [-0.4, -0.2) is 28.9 Å². The van der Waals surface area contributed by atoms with Crippen molar-refractivity contribution in [3.63, 3.8) is 0 Å². The second-order valence-corrected chi connectivity index (χ2v) is 10.2. The fourth-order valence-corrected chi connectivity index (χ4v) is 3.70. The summed E-state index contributed by atoms with van der Waals surface area (Å²) in [6.07, 6.45) is 0. The first-order chi connectivity index (χ1) is 11.8. The lowest BCUT2D eigenvalue weighted by atomic mass is 9.92. The van der Waals surface area contributed by atoms with Crippen molar-refractivity contribution in [2.24, 2.45) is 7.05 Å². The summed E-state index contributed by atoms with van der Waals surface area (Å²) in [7, 11) is -2.58. The third kappa shape index (κ3) is 3.51. The molecule has 1 heterocycles. The van der Waals surface area contributed by atoms with Gasteiger partial charge in [-0.2, -0.15) is 5.10 Å². The maximum absolute atomic E-state index is 14.0. The number of aromatic nitrogens is 2. The Kier molecular flexibility index (Phi) is 5.02. The van der Waals surface area contributed by atoms with Crippen LogP contribution in [0.5, 0.6) is 0 Å². The van der Waals surface area contributed by atoms with Crippen LogP contribution in [0.25, 0.3) is 0 Å². The smallest absolute Gasteiger partial charge is 0.246 e. The third-order valence-electron chi connectivity index (χ3n) is 4.23. The van der Waals surface area contributed by atoms with Crippen LogP contribution in [0.2, 0.25) is 0 Å². The zero-order valence-corrected chi connectivity index (χ0v) is 16.6. The van der Waals surface area contributed by atoms with Gasteiger partial charge in [-0.05, 0) is 26.0 Å². The van der Waals surface area contributed by atoms with E-state index in [0.29, 0.717) is 5.82 Å². The summed E-state index contributed by atoms with van der Waals surface area (Å²) in [6.45, 7) is 8.45. The molecule has 0 aliphatic heterocycles. The van der Waals surface area contributed by atoms with Gasteiger partial charge in [-0.3, -0.25) is 9.48 Å². The Labute approximate surface area is 153 Å². The van der Waals surface area contributed by atoms with Crippen LogP contribution in [0.3, 0.4) is 0 Å². The van der Waals surface area contributed by atoms with Crippen LogP contribution in [0.4, 0.5) is 10.2 Å². The lowest BCUT2D eigenvalue weighted by Crippen LogP contribution is -2.45. The SMILES string of the molecule is Cn1nc(C(C)(C)C)cc1NC(=O)C(C)(C)S(=O)(=O)c1ccccc1F. The van der Waals surface area contributed by atoms with E-state index in [1.54, 1.807) is 13.1 Å². The summed E-state index contributed by atoms with van der Waals surface area (Å²) in [5.74, 6) is -1.27. The summed E-state index contributed by atoms with van der Waals surface area (Å²) < 4.78 is 39.2. The quantitative estimate of drug-likeness (QED) is 0.883. The topological polar surface area (TPSA) is 81.1 Å². The van der Waals surface area contributed by atoms with E-state index in [2.05, 4.69) is 10.4 Å². The predicted octanol–water partition coefficient (Wildman–Crippen LogP) is 3.05. The molecule has 0 spiro atoms. The molecule has 1 aromatic carbocycles. The van der Waals surface area contributed by atoms with Gasteiger partial charge in [0.1, 0.15) is 21.3 Å². The first-order valence-electron chi connectivity index (χ1n) is 8.13. The highest BCUT2D eigenvalue weighted by atomic mass is 32.2. The number of carbonyl (C=O) groups excluding carboxylic acids is 1. The van der Waals surface area contributed by atoms with E-state index in [1.807, 2.05) is 20.8 Å². The molecule has 1 N–H and O–H groups in total. The average Bonchev–Trinajstić information content (AvgIpc) is 2.88. The highest BCUT2D eigenvalue weighted by molar-refractivity contribution is 7.93. The summed E-state index contributed by atoms with van der Waals surface area (Å²) in [5.41, 5.74) is 0.528. The normalized spacial score (nSPS) is 12.9. The molecule has 142 valence electrons.